The summed E-state index contributed by atoms with van der Waals surface area (Å²) in [6.07, 6.45) is -2.73. The van der Waals surface area contributed by atoms with Crippen LogP contribution in [0, 0.1) is 6.92 Å². The maximum absolute atomic E-state index is 13.2. The number of ether oxygens (including phenoxy) is 1. The summed E-state index contributed by atoms with van der Waals surface area (Å²) in [4.78, 5) is 6.81. The molecule has 0 N–H and O–H groups in total. The van der Waals surface area contributed by atoms with Crippen LogP contribution in [0.15, 0.2) is 65.1 Å². The van der Waals surface area contributed by atoms with Crippen LogP contribution in [0.4, 0.5) is 13.2 Å². The first kappa shape index (κ1) is 22.5. The highest BCUT2D eigenvalue weighted by Gasteiger charge is 2.33. The van der Waals surface area contributed by atoms with Crippen molar-refractivity contribution in [2.24, 2.45) is 0 Å². The third-order valence-corrected chi connectivity index (χ3v) is 6.51. The van der Waals surface area contributed by atoms with Gasteiger partial charge in [-0.2, -0.15) is 0 Å². The summed E-state index contributed by atoms with van der Waals surface area (Å²) in [5, 5.41) is 0. The van der Waals surface area contributed by atoms with E-state index in [9.17, 15) is 13.2 Å². The minimum atomic E-state index is -4.79. The highest BCUT2D eigenvalue weighted by atomic mass is 19.4. The number of benzene rings is 3. The van der Waals surface area contributed by atoms with Crippen molar-refractivity contribution < 1.29 is 22.3 Å². The Hall–Kier alpha value is -3.32. The molecule has 0 saturated carbocycles. The van der Waals surface area contributed by atoms with E-state index in [1.807, 2.05) is 55.5 Å². The number of alkyl halides is 3. The number of oxazole rings is 1. The molecule has 1 aliphatic heterocycles. The lowest BCUT2D eigenvalue weighted by Crippen LogP contribution is -2.27. The summed E-state index contributed by atoms with van der Waals surface area (Å²) < 4.78 is 49.8. The largest absolute Gasteiger partial charge is 0.573 e. The monoisotopic (exact) mass is 466 g/mol. The highest BCUT2D eigenvalue weighted by molar-refractivity contribution is 5.81. The Bertz CT molecular complexity index is 1310. The molecule has 1 aromatic heterocycles. The molecule has 7 heteroatoms. The summed E-state index contributed by atoms with van der Waals surface area (Å²) in [5.74, 6) is 0.131. The van der Waals surface area contributed by atoms with Gasteiger partial charge in [0.25, 0.3) is 0 Å². The molecule has 3 aromatic carbocycles. The van der Waals surface area contributed by atoms with Crippen LogP contribution in [0.25, 0.3) is 33.7 Å². The second-order valence-electron chi connectivity index (χ2n) is 8.80. The summed E-state index contributed by atoms with van der Waals surface area (Å²) in [6.45, 7) is 5.30. The zero-order valence-corrected chi connectivity index (χ0v) is 19.0. The normalized spacial score (nSPS) is 16.9. The molecule has 2 heterocycles. The molecule has 34 heavy (non-hydrogen) atoms. The Labute approximate surface area is 196 Å². The van der Waals surface area contributed by atoms with Gasteiger partial charge in [0.15, 0.2) is 5.58 Å². The molecule has 1 saturated heterocycles. The first-order valence-electron chi connectivity index (χ1n) is 11.4. The SMILES string of the molecule is Cc1c(-c2ccccc2)cccc1-c1nc2cc(CN3CCC[C@H]3C)c(OC(F)(F)F)cc2o1. The lowest BCUT2D eigenvalue weighted by atomic mass is 9.96. The predicted octanol–water partition coefficient (Wildman–Crippen LogP) is 7.35. The molecular weight excluding hydrogens is 441 g/mol. The molecule has 0 radical (unpaired) electrons. The van der Waals surface area contributed by atoms with Gasteiger partial charge in [0.1, 0.15) is 11.3 Å². The van der Waals surface area contributed by atoms with E-state index < -0.39 is 6.36 Å². The smallest absolute Gasteiger partial charge is 0.436 e. The van der Waals surface area contributed by atoms with Gasteiger partial charge < -0.3 is 9.15 Å². The van der Waals surface area contributed by atoms with Gasteiger partial charge in [-0.15, -0.1) is 13.2 Å². The number of hydrogen-bond donors (Lipinski definition) is 0. The van der Waals surface area contributed by atoms with Crippen LogP contribution in [0.1, 0.15) is 30.9 Å². The van der Waals surface area contributed by atoms with Crippen molar-refractivity contribution >= 4 is 11.1 Å². The fourth-order valence-electron chi connectivity index (χ4n) is 4.70. The molecule has 1 aliphatic rings. The number of hydrogen-bond acceptors (Lipinski definition) is 4. The van der Waals surface area contributed by atoms with E-state index in [4.69, 9.17) is 4.42 Å². The van der Waals surface area contributed by atoms with Gasteiger partial charge in [0.2, 0.25) is 5.89 Å². The van der Waals surface area contributed by atoms with E-state index in [2.05, 4.69) is 21.5 Å². The molecule has 0 amide bonds. The van der Waals surface area contributed by atoms with Gasteiger partial charge >= 0.3 is 6.36 Å². The Morgan fingerprint density at radius 1 is 1.06 bits per heavy atom. The number of likely N-dealkylation sites (tertiary alicyclic amines) is 1. The van der Waals surface area contributed by atoms with E-state index in [1.54, 1.807) is 6.07 Å². The van der Waals surface area contributed by atoms with Crippen molar-refractivity contribution in [1.82, 2.24) is 9.88 Å². The Kier molecular flexibility index (Phi) is 5.81. The van der Waals surface area contributed by atoms with Crippen LogP contribution >= 0.6 is 0 Å². The molecule has 0 bridgehead atoms. The first-order chi connectivity index (χ1) is 16.3. The third-order valence-electron chi connectivity index (χ3n) is 6.51. The van der Waals surface area contributed by atoms with Gasteiger partial charge in [0, 0.05) is 29.8 Å². The summed E-state index contributed by atoms with van der Waals surface area (Å²) in [6, 6.07) is 19.1. The minimum absolute atomic E-state index is 0.239. The summed E-state index contributed by atoms with van der Waals surface area (Å²) in [7, 11) is 0. The quantitative estimate of drug-likeness (QED) is 0.308. The highest BCUT2D eigenvalue weighted by Crippen LogP contribution is 2.37. The van der Waals surface area contributed by atoms with Gasteiger partial charge in [0.05, 0.1) is 0 Å². The zero-order chi connectivity index (χ0) is 23.9. The maximum Gasteiger partial charge on any atom is 0.573 e. The molecule has 0 spiro atoms. The van der Waals surface area contributed by atoms with E-state index in [0.29, 0.717) is 29.6 Å². The van der Waals surface area contributed by atoms with Gasteiger partial charge in [-0.25, -0.2) is 4.98 Å². The lowest BCUT2D eigenvalue weighted by molar-refractivity contribution is -0.274. The molecule has 0 unspecified atom stereocenters. The molecule has 1 fully saturated rings. The van der Waals surface area contributed by atoms with Crippen molar-refractivity contribution in [2.45, 2.75) is 45.6 Å². The van der Waals surface area contributed by atoms with Crippen molar-refractivity contribution in [3.8, 4) is 28.3 Å². The number of aromatic nitrogens is 1. The molecule has 4 aromatic rings. The van der Waals surface area contributed by atoms with Crippen LogP contribution in [-0.4, -0.2) is 28.8 Å². The standard InChI is InChI=1S/C27H25F3N2O2/c1-17-8-7-13-32(17)16-20-14-23-25(15-24(20)34-27(28,29)30)33-26(31-23)22-12-6-11-21(18(22)2)19-9-4-3-5-10-19/h3-6,9-12,14-15,17H,7-8,13,16H2,1-2H3/t17-/m1/s1. The fraction of sp³-hybridized carbons (Fsp3) is 0.296. The lowest BCUT2D eigenvalue weighted by Gasteiger charge is -2.22. The Morgan fingerprint density at radius 2 is 1.82 bits per heavy atom. The maximum atomic E-state index is 13.2. The van der Waals surface area contributed by atoms with Gasteiger partial charge in [-0.05, 0) is 62.1 Å². The second kappa shape index (κ2) is 8.80. The second-order valence-corrected chi connectivity index (χ2v) is 8.80. The number of rotatable bonds is 5. The van der Waals surface area contributed by atoms with Crippen molar-refractivity contribution in [1.29, 1.82) is 0 Å². The number of halogens is 3. The average Bonchev–Trinajstić information content (AvgIpc) is 3.39. The van der Waals surface area contributed by atoms with Crippen LogP contribution < -0.4 is 4.74 Å². The Balaban J connectivity index is 1.57. The van der Waals surface area contributed by atoms with Crippen LogP contribution in [0.3, 0.4) is 0 Å². The van der Waals surface area contributed by atoms with Crippen LogP contribution in [0.5, 0.6) is 5.75 Å². The van der Waals surface area contributed by atoms with E-state index in [-0.39, 0.29) is 11.3 Å². The molecule has 1 atom stereocenters. The minimum Gasteiger partial charge on any atom is -0.436 e. The van der Waals surface area contributed by atoms with Crippen molar-refractivity contribution in [3.05, 3.63) is 71.8 Å². The van der Waals surface area contributed by atoms with E-state index in [1.165, 1.54) is 6.07 Å². The van der Waals surface area contributed by atoms with Crippen molar-refractivity contribution in [2.75, 3.05) is 6.54 Å². The molecule has 4 nitrogen and oxygen atoms in total. The van der Waals surface area contributed by atoms with Crippen LogP contribution in [-0.2, 0) is 6.54 Å². The average molecular weight is 467 g/mol. The van der Waals surface area contributed by atoms with Crippen LogP contribution in [0.2, 0.25) is 0 Å². The van der Waals surface area contributed by atoms with Crippen molar-refractivity contribution in [3.63, 3.8) is 0 Å². The third kappa shape index (κ3) is 4.53. The molecule has 176 valence electrons. The fourth-order valence-corrected chi connectivity index (χ4v) is 4.70. The summed E-state index contributed by atoms with van der Waals surface area (Å²) >= 11 is 0. The number of nitrogens with zero attached hydrogens (tertiary/aromatic N) is 2. The first-order valence-corrected chi connectivity index (χ1v) is 11.4. The molecular formula is C27H25F3N2O2. The molecule has 5 rings (SSSR count). The van der Waals surface area contributed by atoms with E-state index in [0.717, 1.165) is 41.6 Å². The topological polar surface area (TPSA) is 38.5 Å². The van der Waals surface area contributed by atoms with Gasteiger partial charge in [-0.3, -0.25) is 4.90 Å². The predicted molar refractivity (Wildman–Crippen MR) is 125 cm³/mol. The number of fused-ring (bicyclic) bond motifs is 1. The van der Waals surface area contributed by atoms with E-state index >= 15 is 0 Å². The summed E-state index contributed by atoms with van der Waals surface area (Å²) in [5.41, 5.74) is 5.12. The Morgan fingerprint density at radius 3 is 2.53 bits per heavy atom. The molecule has 0 aliphatic carbocycles. The van der Waals surface area contributed by atoms with Gasteiger partial charge in [-0.1, -0.05) is 42.5 Å². The zero-order valence-electron chi connectivity index (χ0n) is 19.0.